The lowest BCUT2D eigenvalue weighted by atomic mass is 10.1. The first-order valence-electron chi connectivity index (χ1n) is 3.65. The summed E-state index contributed by atoms with van der Waals surface area (Å²) in [6.07, 6.45) is 0. The number of hydrogen-bond donors (Lipinski definition) is 0. The quantitative estimate of drug-likeness (QED) is 0.693. The van der Waals surface area contributed by atoms with Gasteiger partial charge in [0, 0.05) is 10.0 Å². The Bertz CT molecular complexity index is 261. The second kappa shape index (κ2) is 4.13. The summed E-state index contributed by atoms with van der Waals surface area (Å²) in [5, 5.41) is 5.41. The molecule has 0 aliphatic carbocycles. The molecule has 0 fully saturated rings. The third-order valence-electron chi connectivity index (χ3n) is 1.70. The standard InChI is InChI=1S/C9H10Cl2N/c1-6-3-7(10)4-9(11)8(6)5-12-2/h3-4H,5H2,1-2H3/q-1. The molecule has 0 unspecified atom stereocenters. The molecule has 3 heteroatoms. The first-order chi connectivity index (χ1) is 5.65. The SMILES string of the molecule is C[N-]Cc1c(C)cc(Cl)cc1Cl. The summed E-state index contributed by atoms with van der Waals surface area (Å²) in [4.78, 5) is 0. The molecule has 1 aromatic rings. The molecule has 0 amide bonds. The van der Waals surface area contributed by atoms with Gasteiger partial charge in [0.05, 0.1) is 0 Å². The van der Waals surface area contributed by atoms with Gasteiger partial charge in [0.15, 0.2) is 0 Å². The normalized spacial score (nSPS) is 10.3. The van der Waals surface area contributed by atoms with Crippen LogP contribution in [0, 0.1) is 6.92 Å². The molecule has 0 heterocycles. The summed E-state index contributed by atoms with van der Waals surface area (Å²) in [5.41, 5.74) is 2.15. The van der Waals surface area contributed by atoms with Crippen LogP contribution in [0.25, 0.3) is 5.32 Å². The van der Waals surface area contributed by atoms with Gasteiger partial charge in [-0.05, 0) is 30.2 Å². The fourth-order valence-corrected chi connectivity index (χ4v) is 1.75. The van der Waals surface area contributed by atoms with Gasteiger partial charge in [-0.1, -0.05) is 23.2 Å². The summed E-state index contributed by atoms with van der Waals surface area (Å²) >= 11 is 11.8. The molecule has 0 spiro atoms. The van der Waals surface area contributed by atoms with E-state index in [0.29, 0.717) is 16.6 Å². The summed E-state index contributed by atoms with van der Waals surface area (Å²) < 4.78 is 0. The molecular formula is C9H10Cl2N-. The highest BCUT2D eigenvalue weighted by atomic mass is 35.5. The van der Waals surface area contributed by atoms with E-state index in [4.69, 9.17) is 23.2 Å². The van der Waals surface area contributed by atoms with Crippen molar-refractivity contribution in [3.05, 3.63) is 38.6 Å². The van der Waals surface area contributed by atoms with Gasteiger partial charge in [-0.15, -0.1) is 6.54 Å². The Hall–Kier alpha value is -0.240. The third-order valence-corrected chi connectivity index (χ3v) is 2.25. The lowest BCUT2D eigenvalue weighted by Gasteiger charge is -2.15. The maximum absolute atomic E-state index is 5.97. The van der Waals surface area contributed by atoms with Gasteiger partial charge in [-0.2, -0.15) is 7.05 Å². The number of hydrogen-bond acceptors (Lipinski definition) is 0. The lowest BCUT2D eigenvalue weighted by molar-refractivity contribution is 1.15. The maximum Gasteiger partial charge on any atom is 0.0437 e. The van der Waals surface area contributed by atoms with Crippen molar-refractivity contribution in [1.82, 2.24) is 0 Å². The van der Waals surface area contributed by atoms with E-state index in [1.807, 2.05) is 13.0 Å². The van der Waals surface area contributed by atoms with Crippen LogP contribution in [0.5, 0.6) is 0 Å². The van der Waals surface area contributed by atoms with Crippen molar-refractivity contribution < 1.29 is 0 Å². The smallest absolute Gasteiger partial charge is 0.0437 e. The molecule has 12 heavy (non-hydrogen) atoms. The zero-order chi connectivity index (χ0) is 9.14. The van der Waals surface area contributed by atoms with E-state index in [-0.39, 0.29) is 0 Å². The van der Waals surface area contributed by atoms with Crippen molar-refractivity contribution >= 4 is 23.2 Å². The minimum Gasteiger partial charge on any atom is -0.661 e. The van der Waals surface area contributed by atoms with Gasteiger partial charge in [-0.25, -0.2) is 0 Å². The van der Waals surface area contributed by atoms with Crippen molar-refractivity contribution in [1.29, 1.82) is 0 Å². The zero-order valence-corrected chi connectivity index (χ0v) is 8.58. The Kier molecular flexibility index (Phi) is 3.39. The van der Waals surface area contributed by atoms with Gasteiger partial charge < -0.3 is 5.32 Å². The van der Waals surface area contributed by atoms with Crippen LogP contribution in [0.1, 0.15) is 11.1 Å². The predicted molar refractivity (Wildman–Crippen MR) is 54.2 cm³/mol. The summed E-state index contributed by atoms with van der Waals surface area (Å²) in [6.45, 7) is 2.64. The number of halogens is 2. The van der Waals surface area contributed by atoms with E-state index in [0.717, 1.165) is 11.1 Å². The molecule has 0 bridgehead atoms. The summed E-state index contributed by atoms with van der Waals surface area (Å²) in [7, 11) is 1.77. The molecule has 0 saturated heterocycles. The molecule has 0 radical (unpaired) electrons. The minimum absolute atomic E-state index is 0.655. The molecule has 0 N–H and O–H groups in total. The van der Waals surface area contributed by atoms with Gasteiger partial charge in [0.1, 0.15) is 0 Å². The second-order valence-electron chi connectivity index (χ2n) is 2.66. The fraction of sp³-hybridized carbons (Fsp3) is 0.333. The average Bonchev–Trinajstić information content (AvgIpc) is 1.96. The van der Waals surface area contributed by atoms with Crippen molar-refractivity contribution in [2.45, 2.75) is 13.5 Å². The second-order valence-corrected chi connectivity index (χ2v) is 3.50. The van der Waals surface area contributed by atoms with Gasteiger partial charge in [0.2, 0.25) is 0 Å². The van der Waals surface area contributed by atoms with E-state index in [9.17, 15) is 0 Å². The Morgan fingerprint density at radius 1 is 1.33 bits per heavy atom. The first kappa shape index (κ1) is 9.85. The van der Waals surface area contributed by atoms with E-state index in [1.54, 1.807) is 13.1 Å². The molecule has 0 aromatic heterocycles. The van der Waals surface area contributed by atoms with Crippen molar-refractivity contribution in [3.8, 4) is 0 Å². The minimum atomic E-state index is 0.655. The zero-order valence-electron chi connectivity index (χ0n) is 7.06. The number of nitrogens with zero attached hydrogens (tertiary/aromatic N) is 1. The Morgan fingerprint density at radius 3 is 2.50 bits per heavy atom. The predicted octanol–water partition coefficient (Wildman–Crippen LogP) is 3.81. The molecule has 1 rings (SSSR count). The van der Waals surface area contributed by atoms with Gasteiger partial charge >= 0.3 is 0 Å². The lowest BCUT2D eigenvalue weighted by Crippen LogP contribution is -1.89. The van der Waals surface area contributed by atoms with Crippen LogP contribution in [0.15, 0.2) is 12.1 Å². The third kappa shape index (κ3) is 2.13. The Morgan fingerprint density at radius 2 is 2.00 bits per heavy atom. The molecule has 0 aliphatic rings. The van der Waals surface area contributed by atoms with Crippen molar-refractivity contribution in [2.75, 3.05) is 7.05 Å². The van der Waals surface area contributed by atoms with Crippen LogP contribution < -0.4 is 0 Å². The molecule has 0 saturated carbocycles. The van der Waals surface area contributed by atoms with Crippen molar-refractivity contribution in [2.24, 2.45) is 0 Å². The summed E-state index contributed by atoms with van der Waals surface area (Å²) in [6, 6.07) is 3.64. The highest BCUT2D eigenvalue weighted by molar-refractivity contribution is 6.35. The summed E-state index contributed by atoms with van der Waals surface area (Å²) in [5.74, 6) is 0. The molecule has 0 aliphatic heterocycles. The fourth-order valence-electron chi connectivity index (χ4n) is 1.09. The highest BCUT2D eigenvalue weighted by Crippen LogP contribution is 2.25. The molecular weight excluding hydrogens is 193 g/mol. The van der Waals surface area contributed by atoms with Crippen LogP contribution in [0.3, 0.4) is 0 Å². The molecule has 0 atom stereocenters. The van der Waals surface area contributed by atoms with E-state index < -0.39 is 0 Å². The number of rotatable bonds is 2. The van der Waals surface area contributed by atoms with Crippen LogP contribution in [0.4, 0.5) is 0 Å². The molecule has 1 aromatic carbocycles. The van der Waals surface area contributed by atoms with E-state index >= 15 is 0 Å². The maximum atomic E-state index is 5.97. The molecule has 1 nitrogen and oxygen atoms in total. The van der Waals surface area contributed by atoms with Crippen LogP contribution >= 0.6 is 23.2 Å². The van der Waals surface area contributed by atoms with Gasteiger partial charge in [-0.3, -0.25) is 0 Å². The Labute approximate surface area is 82.7 Å². The highest BCUT2D eigenvalue weighted by Gasteiger charge is 2.01. The number of benzene rings is 1. The van der Waals surface area contributed by atoms with Gasteiger partial charge in [0.25, 0.3) is 0 Å². The largest absolute Gasteiger partial charge is 0.661 e. The van der Waals surface area contributed by atoms with E-state index in [2.05, 4.69) is 5.32 Å². The topological polar surface area (TPSA) is 14.1 Å². The van der Waals surface area contributed by atoms with Crippen LogP contribution in [-0.4, -0.2) is 7.05 Å². The van der Waals surface area contributed by atoms with Crippen LogP contribution in [-0.2, 0) is 6.54 Å². The first-order valence-corrected chi connectivity index (χ1v) is 4.41. The van der Waals surface area contributed by atoms with Crippen LogP contribution in [0.2, 0.25) is 10.0 Å². The van der Waals surface area contributed by atoms with Crippen molar-refractivity contribution in [3.63, 3.8) is 0 Å². The molecule has 66 valence electrons. The van der Waals surface area contributed by atoms with E-state index in [1.165, 1.54) is 0 Å². The average molecular weight is 203 g/mol. The number of aryl methyl sites for hydroxylation is 1. The Balaban J connectivity index is 3.10. The monoisotopic (exact) mass is 202 g/mol.